The second-order valence-electron chi connectivity index (χ2n) is 4.68. The van der Waals surface area contributed by atoms with E-state index in [1.54, 1.807) is 17.1 Å². The van der Waals surface area contributed by atoms with Crippen molar-refractivity contribution in [1.29, 1.82) is 0 Å². The van der Waals surface area contributed by atoms with Gasteiger partial charge in [-0.3, -0.25) is 4.79 Å². The van der Waals surface area contributed by atoms with Crippen LogP contribution in [0.25, 0.3) is 0 Å². The standard InChI is InChI=1S/C16H20N2O/c1-3-11-18(12-4-2)16(19)14-9-10-17-15-8-6-5-7-13(14)15/h3-8,14,17H,1-2,9-12H2. The molecule has 100 valence electrons. The molecule has 1 aliphatic heterocycles. The van der Waals surface area contributed by atoms with Gasteiger partial charge in [0.1, 0.15) is 0 Å². The molecular formula is C16H20N2O. The number of fused-ring (bicyclic) bond motifs is 1. The Kier molecular flexibility index (Phi) is 4.39. The quantitative estimate of drug-likeness (QED) is 0.822. The van der Waals surface area contributed by atoms with E-state index >= 15 is 0 Å². The zero-order valence-electron chi connectivity index (χ0n) is 11.1. The van der Waals surface area contributed by atoms with Gasteiger partial charge < -0.3 is 10.2 Å². The van der Waals surface area contributed by atoms with Crippen molar-refractivity contribution in [2.45, 2.75) is 12.3 Å². The van der Waals surface area contributed by atoms with E-state index in [4.69, 9.17) is 0 Å². The van der Waals surface area contributed by atoms with Gasteiger partial charge in [-0.25, -0.2) is 0 Å². The van der Waals surface area contributed by atoms with E-state index in [1.165, 1.54) is 0 Å². The van der Waals surface area contributed by atoms with Crippen molar-refractivity contribution in [2.24, 2.45) is 0 Å². The van der Waals surface area contributed by atoms with E-state index < -0.39 is 0 Å². The molecule has 1 heterocycles. The zero-order valence-corrected chi connectivity index (χ0v) is 11.1. The molecule has 1 aromatic carbocycles. The lowest BCUT2D eigenvalue weighted by Gasteiger charge is -2.30. The minimum absolute atomic E-state index is 0.0580. The summed E-state index contributed by atoms with van der Waals surface area (Å²) in [6, 6.07) is 8.03. The molecule has 1 atom stereocenters. The number of para-hydroxylation sites is 1. The molecule has 0 bridgehead atoms. The molecule has 2 rings (SSSR count). The maximum Gasteiger partial charge on any atom is 0.230 e. The maximum atomic E-state index is 12.6. The molecule has 0 aliphatic carbocycles. The molecule has 1 amide bonds. The SMILES string of the molecule is C=CCN(CC=C)C(=O)C1CCNc2ccccc21. The number of carbonyl (C=O) groups is 1. The number of amides is 1. The van der Waals surface area contributed by atoms with Crippen molar-refractivity contribution in [3.63, 3.8) is 0 Å². The first-order valence-electron chi connectivity index (χ1n) is 6.61. The first-order chi connectivity index (χ1) is 9.27. The molecule has 0 aromatic heterocycles. The van der Waals surface area contributed by atoms with Crippen LogP contribution in [-0.2, 0) is 4.79 Å². The Bertz CT molecular complexity index is 471. The van der Waals surface area contributed by atoms with Gasteiger partial charge in [-0.1, -0.05) is 30.4 Å². The van der Waals surface area contributed by atoms with Gasteiger partial charge in [0.15, 0.2) is 0 Å². The third-order valence-electron chi connectivity index (χ3n) is 3.39. The smallest absolute Gasteiger partial charge is 0.230 e. The van der Waals surface area contributed by atoms with Crippen LogP contribution in [0.5, 0.6) is 0 Å². The highest BCUT2D eigenvalue weighted by Crippen LogP contribution is 2.32. The van der Waals surface area contributed by atoms with Gasteiger partial charge in [0.05, 0.1) is 5.92 Å². The molecule has 1 aliphatic rings. The normalized spacial score (nSPS) is 16.9. The van der Waals surface area contributed by atoms with Crippen LogP contribution in [0.4, 0.5) is 5.69 Å². The Morgan fingerprint density at radius 1 is 1.32 bits per heavy atom. The molecule has 0 saturated carbocycles. The summed E-state index contributed by atoms with van der Waals surface area (Å²) in [5, 5.41) is 3.34. The van der Waals surface area contributed by atoms with Crippen LogP contribution in [0.3, 0.4) is 0 Å². The van der Waals surface area contributed by atoms with E-state index in [-0.39, 0.29) is 11.8 Å². The van der Waals surface area contributed by atoms with Crippen LogP contribution in [-0.4, -0.2) is 30.4 Å². The number of nitrogens with one attached hydrogen (secondary N) is 1. The number of nitrogens with zero attached hydrogens (tertiary/aromatic N) is 1. The van der Waals surface area contributed by atoms with Gasteiger partial charge in [-0.05, 0) is 18.1 Å². The van der Waals surface area contributed by atoms with E-state index in [9.17, 15) is 4.79 Å². The highest BCUT2D eigenvalue weighted by Gasteiger charge is 2.28. The third-order valence-corrected chi connectivity index (χ3v) is 3.39. The van der Waals surface area contributed by atoms with Crippen LogP contribution in [0, 0.1) is 0 Å². The minimum Gasteiger partial charge on any atom is -0.385 e. The van der Waals surface area contributed by atoms with Gasteiger partial charge >= 0.3 is 0 Å². The number of hydrogen-bond donors (Lipinski definition) is 1. The molecule has 19 heavy (non-hydrogen) atoms. The van der Waals surface area contributed by atoms with E-state index in [0.717, 1.165) is 24.2 Å². The van der Waals surface area contributed by atoms with Gasteiger partial charge in [0, 0.05) is 25.3 Å². The summed E-state index contributed by atoms with van der Waals surface area (Å²) in [5.74, 6) is 0.103. The Labute approximate surface area is 114 Å². The Hall–Kier alpha value is -2.03. The summed E-state index contributed by atoms with van der Waals surface area (Å²) in [5.41, 5.74) is 2.17. The molecule has 0 fully saturated rings. The molecule has 0 saturated heterocycles. The van der Waals surface area contributed by atoms with Crippen molar-refractivity contribution in [1.82, 2.24) is 4.90 Å². The van der Waals surface area contributed by atoms with Gasteiger partial charge in [0.2, 0.25) is 5.91 Å². The molecule has 3 nitrogen and oxygen atoms in total. The summed E-state index contributed by atoms with van der Waals surface area (Å²) < 4.78 is 0. The second kappa shape index (κ2) is 6.23. The number of carbonyl (C=O) groups excluding carboxylic acids is 1. The Morgan fingerprint density at radius 2 is 2.00 bits per heavy atom. The minimum atomic E-state index is -0.0580. The summed E-state index contributed by atoms with van der Waals surface area (Å²) in [7, 11) is 0. The number of anilines is 1. The Morgan fingerprint density at radius 3 is 2.68 bits per heavy atom. The van der Waals surface area contributed by atoms with Crippen LogP contribution < -0.4 is 5.32 Å². The van der Waals surface area contributed by atoms with Crippen molar-refractivity contribution in [2.75, 3.05) is 25.0 Å². The lowest BCUT2D eigenvalue weighted by atomic mass is 9.89. The highest BCUT2D eigenvalue weighted by molar-refractivity contribution is 5.86. The first kappa shape index (κ1) is 13.4. The van der Waals surface area contributed by atoms with Gasteiger partial charge in [-0.2, -0.15) is 0 Å². The lowest BCUT2D eigenvalue weighted by Crippen LogP contribution is -2.37. The summed E-state index contributed by atoms with van der Waals surface area (Å²) in [4.78, 5) is 14.4. The summed E-state index contributed by atoms with van der Waals surface area (Å²) in [6.45, 7) is 9.40. The molecule has 0 spiro atoms. The number of hydrogen-bond acceptors (Lipinski definition) is 2. The highest BCUT2D eigenvalue weighted by atomic mass is 16.2. The first-order valence-corrected chi connectivity index (χ1v) is 6.61. The molecular weight excluding hydrogens is 236 g/mol. The monoisotopic (exact) mass is 256 g/mol. The van der Waals surface area contributed by atoms with E-state index in [1.807, 2.05) is 24.3 Å². The fraction of sp³-hybridized carbons (Fsp3) is 0.312. The fourth-order valence-corrected chi connectivity index (χ4v) is 2.51. The lowest BCUT2D eigenvalue weighted by molar-refractivity contribution is -0.132. The van der Waals surface area contributed by atoms with Crippen LogP contribution in [0.1, 0.15) is 17.9 Å². The van der Waals surface area contributed by atoms with Crippen LogP contribution in [0.15, 0.2) is 49.6 Å². The number of benzene rings is 1. The fourth-order valence-electron chi connectivity index (χ4n) is 2.51. The Balaban J connectivity index is 2.24. The predicted octanol–water partition coefficient (Wildman–Crippen LogP) is 2.79. The maximum absolute atomic E-state index is 12.6. The topological polar surface area (TPSA) is 32.3 Å². The van der Waals surface area contributed by atoms with Crippen molar-refractivity contribution in [3.8, 4) is 0 Å². The van der Waals surface area contributed by atoms with Crippen LogP contribution in [0.2, 0.25) is 0 Å². The average molecular weight is 256 g/mol. The largest absolute Gasteiger partial charge is 0.385 e. The predicted molar refractivity (Wildman–Crippen MR) is 79.3 cm³/mol. The molecule has 1 N–H and O–H groups in total. The summed E-state index contributed by atoms with van der Waals surface area (Å²) in [6.07, 6.45) is 4.35. The van der Waals surface area contributed by atoms with Crippen LogP contribution >= 0.6 is 0 Å². The number of rotatable bonds is 5. The van der Waals surface area contributed by atoms with Crippen molar-refractivity contribution in [3.05, 3.63) is 55.1 Å². The third kappa shape index (κ3) is 2.87. The van der Waals surface area contributed by atoms with Crippen molar-refractivity contribution < 1.29 is 4.79 Å². The average Bonchev–Trinajstić information content (AvgIpc) is 2.46. The molecule has 1 aromatic rings. The van der Waals surface area contributed by atoms with Crippen molar-refractivity contribution >= 4 is 11.6 Å². The van der Waals surface area contributed by atoms with Gasteiger partial charge in [-0.15, -0.1) is 13.2 Å². The second-order valence-corrected chi connectivity index (χ2v) is 4.68. The van der Waals surface area contributed by atoms with E-state index in [0.29, 0.717) is 13.1 Å². The molecule has 0 radical (unpaired) electrons. The molecule has 3 heteroatoms. The molecule has 1 unspecified atom stereocenters. The summed E-state index contributed by atoms with van der Waals surface area (Å²) >= 11 is 0. The van der Waals surface area contributed by atoms with Gasteiger partial charge in [0.25, 0.3) is 0 Å². The zero-order chi connectivity index (χ0) is 13.7. The van der Waals surface area contributed by atoms with E-state index in [2.05, 4.69) is 18.5 Å².